The maximum atomic E-state index is 11.8. The van der Waals surface area contributed by atoms with Gasteiger partial charge in [0.15, 0.2) is 0 Å². The minimum atomic E-state index is -0.519. The van der Waals surface area contributed by atoms with Crippen molar-refractivity contribution in [1.82, 2.24) is 9.78 Å². The van der Waals surface area contributed by atoms with Gasteiger partial charge >= 0.3 is 11.9 Å². The predicted octanol–water partition coefficient (Wildman–Crippen LogP) is 2.05. The van der Waals surface area contributed by atoms with Gasteiger partial charge in [-0.1, -0.05) is 0 Å². The zero-order valence-corrected chi connectivity index (χ0v) is 12.1. The highest BCUT2D eigenvalue weighted by atomic mass is 79.9. The molecule has 6 nitrogen and oxygen atoms in total. The van der Waals surface area contributed by atoms with Crippen molar-refractivity contribution in [2.24, 2.45) is 7.05 Å². The Labute approximate surface area is 117 Å². The number of methoxy groups -OCH3 is 1. The molecule has 0 radical (unpaired) electrons. The molecule has 0 saturated carbocycles. The molecule has 0 aliphatic heterocycles. The van der Waals surface area contributed by atoms with E-state index < -0.39 is 11.9 Å². The lowest BCUT2D eigenvalue weighted by Crippen LogP contribution is -2.08. The van der Waals surface area contributed by atoms with E-state index in [1.165, 1.54) is 20.1 Å². The highest BCUT2D eigenvalue weighted by Crippen LogP contribution is 2.35. The molecule has 7 heteroatoms. The third kappa shape index (κ3) is 2.33. The predicted molar refractivity (Wildman–Crippen MR) is 71.1 cm³/mol. The minimum absolute atomic E-state index is 0.258. The molecule has 0 fully saturated rings. The van der Waals surface area contributed by atoms with Gasteiger partial charge < -0.3 is 9.47 Å². The summed E-state index contributed by atoms with van der Waals surface area (Å²) < 4.78 is 11.9. The van der Waals surface area contributed by atoms with Gasteiger partial charge in [0.2, 0.25) is 0 Å². The van der Waals surface area contributed by atoms with E-state index in [9.17, 15) is 9.59 Å². The molecule has 19 heavy (non-hydrogen) atoms. The molecule has 0 aliphatic carbocycles. The van der Waals surface area contributed by atoms with Gasteiger partial charge in [0.25, 0.3) is 0 Å². The van der Waals surface area contributed by atoms with Crippen molar-refractivity contribution in [3.05, 3.63) is 22.3 Å². The summed E-state index contributed by atoms with van der Waals surface area (Å²) in [5.41, 5.74) is 0.895. The Morgan fingerprint density at radius 2 is 2.11 bits per heavy atom. The number of rotatable bonds is 2. The standard InChI is InChI=1S/C12H11BrN2O4/c1-6(16)19-9-4-7(12(17)18-3)11-8(10(9)13)5-14-15(11)2/h4-5H,1-3H3. The molecule has 2 aromatic rings. The van der Waals surface area contributed by atoms with Crippen molar-refractivity contribution >= 4 is 38.8 Å². The fourth-order valence-electron chi connectivity index (χ4n) is 1.81. The normalized spacial score (nSPS) is 10.5. The van der Waals surface area contributed by atoms with Crippen LogP contribution in [0.15, 0.2) is 16.7 Å². The van der Waals surface area contributed by atoms with Gasteiger partial charge in [-0.3, -0.25) is 9.48 Å². The molecule has 0 atom stereocenters. The molecular formula is C12H11BrN2O4. The van der Waals surface area contributed by atoms with Gasteiger partial charge in [0, 0.05) is 19.4 Å². The lowest BCUT2D eigenvalue weighted by Gasteiger charge is -2.09. The SMILES string of the molecule is COC(=O)c1cc(OC(C)=O)c(Br)c2cnn(C)c12. The molecule has 0 bridgehead atoms. The topological polar surface area (TPSA) is 70.4 Å². The van der Waals surface area contributed by atoms with Crippen molar-refractivity contribution in [2.45, 2.75) is 6.92 Å². The van der Waals surface area contributed by atoms with Gasteiger partial charge in [-0.2, -0.15) is 5.10 Å². The number of benzene rings is 1. The molecular weight excluding hydrogens is 316 g/mol. The van der Waals surface area contributed by atoms with Crippen LogP contribution in [0.1, 0.15) is 17.3 Å². The molecule has 0 spiro atoms. The Hall–Kier alpha value is -1.89. The fraction of sp³-hybridized carbons (Fsp3) is 0.250. The quantitative estimate of drug-likeness (QED) is 0.624. The molecule has 2 rings (SSSR count). The van der Waals surface area contributed by atoms with Crippen LogP contribution in [0.2, 0.25) is 0 Å². The smallest absolute Gasteiger partial charge is 0.340 e. The lowest BCUT2D eigenvalue weighted by atomic mass is 10.1. The van der Waals surface area contributed by atoms with Crippen LogP contribution in [0.5, 0.6) is 5.75 Å². The van der Waals surface area contributed by atoms with Crippen molar-refractivity contribution in [1.29, 1.82) is 0 Å². The van der Waals surface area contributed by atoms with Crippen LogP contribution in [0, 0.1) is 0 Å². The van der Waals surface area contributed by atoms with E-state index in [0.29, 0.717) is 15.4 Å². The van der Waals surface area contributed by atoms with Crippen LogP contribution < -0.4 is 4.74 Å². The Morgan fingerprint density at radius 3 is 2.68 bits per heavy atom. The van der Waals surface area contributed by atoms with Crippen LogP contribution in [0.4, 0.5) is 0 Å². The highest BCUT2D eigenvalue weighted by Gasteiger charge is 2.20. The minimum Gasteiger partial charge on any atom is -0.465 e. The second kappa shape index (κ2) is 5.00. The summed E-state index contributed by atoms with van der Waals surface area (Å²) in [5, 5.41) is 4.76. The van der Waals surface area contributed by atoms with Gasteiger partial charge in [-0.25, -0.2) is 4.79 Å². The van der Waals surface area contributed by atoms with Crippen molar-refractivity contribution < 1.29 is 19.1 Å². The van der Waals surface area contributed by atoms with E-state index in [-0.39, 0.29) is 11.3 Å². The molecule has 0 N–H and O–H groups in total. The van der Waals surface area contributed by atoms with E-state index in [4.69, 9.17) is 9.47 Å². The second-order valence-corrected chi connectivity index (χ2v) is 4.64. The number of nitrogens with zero attached hydrogens (tertiary/aromatic N) is 2. The van der Waals surface area contributed by atoms with E-state index in [0.717, 1.165) is 0 Å². The lowest BCUT2D eigenvalue weighted by molar-refractivity contribution is -0.131. The molecule has 0 unspecified atom stereocenters. The summed E-state index contributed by atoms with van der Waals surface area (Å²) in [7, 11) is 3.00. The first-order chi connectivity index (χ1) is 8.95. The number of hydrogen-bond acceptors (Lipinski definition) is 5. The Kier molecular flexibility index (Phi) is 3.57. The van der Waals surface area contributed by atoms with Crippen LogP contribution in [0.3, 0.4) is 0 Å². The van der Waals surface area contributed by atoms with Gasteiger partial charge in [0.1, 0.15) is 5.75 Å². The van der Waals surface area contributed by atoms with Crippen LogP contribution in [0.25, 0.3) is 10.9 Å². The Bertz CT molecular complexity index is 678. The zero-order chi connectivity index (χ0) is 14.2. The number of esters is 2. The van der Waals surface area contributed by atoms with Crippen molar-refractivity contribution in [3.63, 3.8) is 0 Å². The van der Waals surface area contributed by atoms with Gasteiger partial charge in [0.05, 0.1) is 28.9 Å². The maximum absolute atomic E-state index is 11.8. The van der Waals surface area contributed by atoms with Crippen molar-refractivity contribution in [3.8, 4) is 5.75 Å². The average Bonchev–Trinajstić information content (AvgIpc) is 2.74. The number of carbonyl (C=O) groups is 2. The monoisotopic (exact) mass is 326 g/mol. The summed E-state index contributed by atoms with van der Waals surface area (Å²) in [6.45, 7) is 1.29. The molecule has 0 amide bonds. The first-order valence-corrected chi connectivity index (χ1v) is 6.16. The number of halogens is 1. The van der Waals surface area contributed by atoms with Crippen molar-refractivity contribution in [2.75, 3.05) is 7.11 Å². The van der Waals surface area contributed by atoms with E-state index in [1.807, 2.05) is 0 Å². The molecule has 0 saturated heterocycles. The largest absolute Gasteiger partial charge is 0.465 e. The highest BCUT2D eigenvalue weighted by molar-refractivity contribution is 9.10. The van der Waals surface area contributed by atoms with Crippen LogP contribution in [-0.4, -0.2) is 28.8 Å². The number of hydrogen-bond donors (Lipinski definition) is 0. The van der Waals surface area contributed by atoms with E-state index in [1.54, 1.807) is 17.9 Å². The Balaban J connectivity index is 2.77. The zero-order valence-electron chi connectivity index (χ0n) is 10.6. The third-order valence-corrected chi connectivity index (χ3v) is 3.40. The van der Waals surface area contributed by atoms with E-state index >= 15 is 0 Å². The molecule has 1 aromatic carbocycles. The third-order valence-electron chi connectivity index (χ3n) is 2.58. The summed E-state index contributed by atoms with van der Waals surface area (Å²) in [6.07, 6.45) is 1.58. The van der Waals surface area contributed by atoms with Gasteiger partial charge in [-0.05, 0) is 22.0 Å². The number of aryl methyl sites for hydroxylation is 1. The van der Waals surface area contributed by atoms with Gasteiger partial charge in [-0.15, -0.1) is 0 Å². The molecule has 100 valence electrons. The number of carbonyl (C=O) groups excluding carboxylic acids is 2. The summed E-state index contributed by atoms with van der Waals surface area (Å²) in [6, 6.07) is 1.46. The molecule has 1 aromatic heterocycles. The first kappa shape index (κ1) is 13.5. The maximum Gasteiger partial charge on any atom is 0.340 e. The number of aromatic nitrogens is 2. The van der Waals surface area contributed by atoms with Crippen LogP contribution >= 0.6 is 15.9 Å². The Morgan fingerprint density at radius 1 is 1.42 bits per heavy atom. The van der Waals surface area contributed by atoms with E-state index in [2.05, 4.69) is 21.0 Å². The number of fused-ring (bicyclic) bond motifs is 1. The number of ether oxygens (including phenoxy) is 2. The summed E-state index contributed by atoms with van der Waals surface area (Å²) in [5.74, 6) is -0.734. The summed E-state index contributed by atoms with van der Waals surface area (Å²) >= 11 is 3.35. The summed E-state index contributed by atoms with van der Waals surface area (Å²) in [4.78, 5) is 22.9. The average molecular weight is 327 g/mol. The fourth-order valence-corrected chi connectivity index (χ4v) is 2.29. The first-order valence-electron chi connectivity index (χ1n) is 5.36. The molecule has 0 aliphatic rings. The van der Waals surface area contributed by atoms with Crippen LogP contribution in [-0.2, 0) is 16.6 Å². The second-order valence-electron chi connectivity index (χ2n) is 3.85. The molecule has 1 heterocycles.